The maximum absolute atomic E-state index is 13.8. The molecule has 0 spiro atoms. The van der Waals surface area contributed by atoms with E-state index in [4.69, 9.17) is 9.47 Å². The Morgan fingerprint density at radius 1 is 0.976 bits per heavy atom. The molecule has 0 aliphatic carbocycles. The lowest BCUT2D eigenvalue weighted by atomic mass is 9.83. The molecule has 4 aliphatic rings. The van der Waals surface area contributed by atoms with Crippen LogP contribution in [0.25, 0.3) is 0 Å². The van der Waals surface area contributed by atoms with Gasteiger partial charge in [-0.2, -0.15) is 0 Å². The summed E-state index contributed by atoms with van der Waals surface area (Å²) >= 11 is 0. The SMILES string of the molecule is COc1ccc2c(c1OC)C(=O)N1c3ccccc3C(=O)N(CCCC(=O)N(C)C[C@@H]3CCCN4CCCC[C@H]34)[C@H]21. The molecular weight excluding hydrogens is 520 g/mol. The molecule has 4 heterocycles. The molecule has 0 bridgehead atoms. The van der Waals surface area contributed by atoms with E-state index in [1.54, 1.807) is 21.9 Å². The highest BCUT2D eigenvalue weighted by Crippen LogP contribution is 2.49. The molecule has 0 radical (unpaired) electrons. The maximum atomic E-state index is 13.8. The first-order valence-electron chi connectivity index (χ1n) is 14.9. The maximum Gasteiger partial charge on any atom is 0.264 e. The van der Waals surface area contributed by atoms with Gasteiger partial charge in [-0.15, -0.1) is 0 Å². The molecule has 0 unspecified atom stereocenters. The van der Waals surface area contributed by atoms with Crippen LogP contribution in [0.1, 0.15) is 77.4 Å². The van der Waals surface area contributed by atoms with E-state index in [1.807, 2.05) is 36.2 Å². The van der Waals surface area contributed by atoms with Crippen LogP contribution in [-0.4, -0.2) is 85.9 Å². The molecule has 4 aliphatic heterocycles. The van der Waals surface area contributed by atoms with Crippen LogP contribution in [0.15, 0.2) is 36.4 Å². The number of hydrogen-bond acceptors (Lipinski definition) is 6. The third-order valence-corrected chi connectivity index (χ3v) is 9.44. The number of benzene rings is 2. The van der Waals surface area contributed by atoms with Gasteiger partial charge in [0.15, 0.2) is 11.5 Å². The topological polar surface area (TPSA) is 82.6 Å². The Bertz CT molecular complexity index is 1340. The third-order valence-electron chi connectivity index (χ3n) is 9.44. The van der Waals surface area contributed by atoms with E-state index in [2.05, 4.69) is 4.90 Å². The number of methoxy groups -OCH3 is 2. The van der Waals surface area contributed by atoms with Gasteiger partial charge in [-0.3, -0.25) is 19.3 Å². The van der Waals surface area contributed by atoms with Crippen LogP contribution in [0.2, 0.25) is 0 Å². The molecule has 2 aromatic carbocycles. The normalized spacial score (nSPS) is 23.4. The van der Waals surface area contributed by atoms with Crippen LogP contribution in [0, 0.1) is 5.92 Å². The number of carbonyl (C=O) groups excluding carboxylic acids is 3. The van der Waals surface area contributed by atoms with Crippen molar-refractivity contribution in [3.8, 4) is 11.5 Å². The van der Waals surface area contributed by atoms with Gasteiger partial charge in [-0.25, -0.2) is 0 Å². The Kier molecular flexibility index (Phi) is 7.64. The van der Waals surface area contributed by atoms with Crippen molar-refractivity contribution in [3.63, 3.8) is 0 Å². The van der Waals surface area contributed by atoms with E-state index in [-0.39, 0.29) is 17.7 Å². The molecule has 218 valence electrons. The summed E-state index contributed by atoms with van der Waals surface area (Å²) in [5.74, 6) is 1.09. The quantitative estimate of drug-likeness (QED) is 0.478. The Hall–Kier alpha value is -3.59. The molecule has 6 rings (SSSR count). The molecule has 2 fully saturated rings. The highest BCUT2D eigenvalue weighted by Gasteiger charge is 2.49. The Morgan fingerprint density at radius 3 is 2.59 bits per heavy atom. The number of ether oxygens (including phenoxy) is 2. The van der Waals surface area contributed by atoms with Crippen LogP contribution in [0.5, 0.6) is 11.5 Å². The molecule has 9 nitrogen and oxygen atoms in total. The van der Waals surface area contributed by atoms with Gasteiger partial charge in [0.05, 0.1) is 31.0 Å². The van der Waals surface area contributed by atoms with E-state index < -0.39 is 6.17 Å². The van der Waals surface area contributed by atoms with Gasteiger partial charge in [0.1, 0.15) is 6.17 Å². The fourth-order valence-electron chi connectivity index (χ4n) is 7.49. The number of fused-ring (bicyclic) bond motifs is 6. The first kappa shape index (κ1) is 27.6. The van der Waals surface area contributed by atoms with Gasteiger partial charge in [0.25, 0.3) is 11.8 Å². The van der Waals surface area contributed by atoms with Crippen molar-refractivity contribution in [2.45, 2.75) is 57.2 Å². The fraction of sp³-hybridized carbons (Fsp3) is 0.531. The van der Waals surface area contributed by atoms with Crippen molar-refractivity contribution in [1.29, 1.82) is 0 Å². The molecule has 2 saturated heterocycles. The minimum absolute atomic E-state index is 0.106. The largest absolute Gasteiger partial charge is 0.493 e. The zero-order valence-electron chi connectivity index (χ0n) is 24.3. The van der Waals surface area contributed by atoms with Crippen molar-refractivity contribution in [2.24, 2.45) is 5.92 Å². The number of piperidine rings is 2. The smallest absolute Gasteiger partial charge is 0.264 e. The van der Waals surface area contributed by atoms with Gasteiger partial charge in [0, 0.05) is 38.2 Å². The molecule has 9 heteroatoms. The van der Waals surface area contributed by atoms with E-state index in [0.29, 0.717) is 65.2 Å². The van der Waals surface area contributed by atoms with Crippen molar-refractivity contribution in [2.75, 3.05) is 52.3 Å². The highest BCUT2D eigenvalue weighted by atomic mass is 16.5. The van der Waals surface area contributed by atoms with Gasteiger partial charge in [0.2, 0.25) is 5.91 Å². The molecule has 3 atom stereocenters. The monoisotopic (exact) mass is 560 g/mol. The van der Waals surface area contributed by atoms with E-state index in [0.717, 1.165) is 6.54 Å². The number of anilines is 1. The van der Waals surface area contributed by atoms with E-state index >= 15 is 0 Å². The second-order valence-corrected chi connectivity index (χ2v) is 11.7. The van der Waals surface area contributed by atoms with Crippen LogP contribution < -0.4 is 14.4 Å². The number of amides is 3. The second kappa shape index (κ2) is 11.4. The fourth-order valence-corrected chi connectivity index (χ4v) is 7.49. The number of hydrogen-bond donors (Lipinski definition) is 0. The van der Waals surface area contributed by atoms with Crippen molar-refractivity contribution >= 4 is 23.4 Å². The zero-order chi connectivity index (χ0) is 28.7. The Balaban J connectivity index is 1.19. The van der Waals surface area contributed by atoms with Crippen LogP contribution in [0.3, 0.4) is 0 Å². The minimum atomic E-state index is -0.605. The molecule has 0 saturated carbocycles. The Morgan fingerprint density at radius 2 is 1.78 bits per heavy atom. The zero-order valence-corrected chi connectivity index (χ0v) is 24.3. The molecule has 41 heavy (non-hydrogen) atoms. The first-order chi connectivity index (χ1) is 19.9. The third kappa shape index (κ3) is 4.74. The van der Waals surface area contributed by atoms with Crippen LogP contribution >= 0.6 is 0 Å². The number of carbonyl (C=O) groups is 3. The van der Waals surface area contributed by atoms with Gasteiger partial charge < -0.3 is 24.2 Å². The molecular formula is C32H40N4O5. The number of nitrogens with zero attached hydrogens (tertiary/aromatic N) is 4. The predicted molar refractivity (Wildman–Crippen MR) is 155 cm³/mol. The lowest BCUT2D eigenvalue weighted by Crippen LogP contribution is -2.51. The van der Waals surface area contributed by atoms with Gasteiger partial charge in [-0.1, -0.05) is 24.6 Å². The van der Waals surface area contributed by atoms with Crippen LogP contribution in [0.4, 0.5) is 5.69 Å². The summed E-state index contributed by atoms with van der Waals surface area (Å²) in [6.45, 7) is 3.52. The summed E-state index contributed by atoms with van der Waals surface area (Å²) in [5, 5.41) is 0. The van der Waals surface area contributed by atoms with Crippen molar-refractivity contribution in [3.05, 3.63) is 53.1 Å². The lowest BCUT2D eigenvalue weighted by Gasteiger charge is -2.45. The predicted octanol–water partition coefficient (Wildman–Crippen LogP) is 4.32. The summed E-state index contributed by atoms with van der Waals surface area (Å²) in [6.07, 6.45) is 6.45. The summed E-state index contributed by atoms with van der Waals surface area (Å²) in [5.41, 5.74) is 2.18. The minimum Gasteiger partial charge on any atom is -0.493 e. The van der Waals surface area contributed by atoms with Crippen LogP contribution in [-0.2, 0) is 4.79 Å². The summed E-state index contributed by atoms with van der Waals surface area (Å²) in [6, 6.07) is 11.4. The summed E-state index contributed by atoms with van der Waals surface area (Å²) < 4.78 is 11.1. The van der Waals surface area contributed by atoms with Gasteiger partial charge in [-0.05, 0) is 69.3 Å². The summed E-state index contributed by atoms with van der Waals surface area (Å²) in [4.78, 5) is 48.8. The average molecular weight is 561 g/mol. The van der Waals surface area contributed by atoms with E-state index in [1.165, 1.54) is 59.4 Å². The van der Waals surface area contributed by atoms with Crippen molar-refractivity contribution in [1.82, 2.24) is 14.7 Å². The Labute approximate surface area is 242 Å². The average Bonchev–Trinajstić information content (AvgIpc) is 3.30. The number of para-hydroxylation sites is 1. The van der Waals surface area contributed by atoms with E-state index in [9.17, 15) is 14.4 Å². The summed E-state index contributed by atoms with van der Waals surface area (Å²) in [7, 11) is 4.97. The molecule has 2 aromatic rings. The number of rotatable bonds is 8. The lowest BCUT2D eigenvalue weighted by molar-refractivity contribution is -0.131. The van der Waals surface area contributed by atoms with Gasteiger partial charge >= 0.3 is 0 Å². The second-order valence-electron chi connectivity index (χ2n) is 11.7. The standard InChI is InChI=1S/C32H40N4O5/c1-33(20-21-10-8-18-34-17-7-6-12-24(21)34)27(37)14-9-19-35-30-23-15-16-26(40-2)29(41-3)28(23)32(39)36(30)25-13-5-4-11-22(25)31(35)38/h4-5,11,13,15-16,21,24,30H,6-10,12,14,17-20H2,1-3H3/t21-,24+,30-/m0/s1. The van der Waals surface area contributed by atoms with Crippen molar-refractivity contribution < 1.29 is 23.9 Å². The first-order valence-corrected chi connectivity index (χ1v) is 14.9. The molecule has 0 aromatic heterocycles. The molecule has 0 N–H and O–H groups in total. The molecule has 3 amide bonds. The highest BCUT2D eigenvalue weighted by molar-refractivity contribution is 6.18.